The van der Waals surface area contributed by atoms with Gasteiger partial charge in [0.2, 0.25) is 5.91 Å². The molecule has 0 aliphatic heterocycles. The number of amides is 2. The molecule has 0 aliphatic rings. The molecule has 0 radical (unpaired) electrons. The molecule has 2 aromatic carbocycles. The molecule has 1 atom stereocenters. The van der Waals surface area contributed by atoms with Crippen molar-refractivity contribution in [3.63, 3.8) is 0 Å². The van der Waals surface area contributed by atoms with Crippen LogP contribution in [0.3, 0.4) is 0 Å². The summed E-state index contributed by atoms with van der Waals surface area (Å²) < 4.78 is 6.36. The fourth-order valence-electron chi connectivity index (χ4n) is 2.12. The van der Waals surface area contributed by atoms with Crippen LogP contribution in [0, 0.1) is 0 Å². The Morgan fingerprint density at radius 3 is 2.48 bits per heavy atom. The Hall–Kier alpha value is -2.05. The number of hydrogen-bond acceptors (Lipinski definition) is 3. The Kier molecular flexibility index (Phi) is 6.84. The van der Waals surface area contributed by atoms with Crippen molar-refractivity contribution in [1.29, 1.82) is 0 Å². The summed E-state index contributed by atoms with van der Waals surface area (Å²) in [5.74, 6) is -0.0463. The van der Waals surface area contributed by atoms with Gasteiger partial charge in [0.1, 0.15) is 5.75 Å². The van der Waals surface area contributed by atoms with E-state index < -0.39 is 6.10 Å². The molecule has 0 heterocycles. The first-order valence-corrected chi connectivity index (χ1v) is 8.75. The van der Waals surface area contributed by atoms with E-state index in [9.17, 15) is 9.59 Å². The van der Waals surface area contributed by atoms with Gasteiger partial charge in [0.05, 0.1) is 12.2 Å². The number of benzene rings is 2. The summed E-state index contributed by atoms with van der Waals surface area (Å²) in [5.41, 5.74) is 0.652. The van der Waals surface area contributed by atoms with Crippen LogP contribution in [0.15, 0.2) is 53.0 Å². The monoisotopic (exact) mass is 424 g/mol. The van der Waals surface area contributed by atoms with Gasteiger partial charge in [0.25, 0.3) is 5.91 Å². The van der Waals surface area contributed by atoms with Crippen LogP contribution in [0.2, 0.25) is 5.02 Å². The van der Waals surface area contributed by atoms with Crippen molar-refractivity contribution in [3.05, 3.63) is 58.0 Å². The zero-order valence-electron chi connectivity index (χ0n) is 13.8. The van der Waals surface area contributed by atoms with Gasteiger partial charge in [-0.25, -0.2) is 0 Å². The number of halogens is 2. The topological polar surface area (TPSA) is 58.6 Å². The van der Waals surface area contributed by atoms with Crippen molar-refractivity contribution < 1.29 is 14.3 Å². The Morgan fingerprint density at radius 2 is 1.84 bits per heavy atom. The van der Waals surface area contributed by atoms with Gasteiger partial charge in [-0.15, -0.1) is 0 Å². The second-order valence-electron chi connectivity index (χ2n) is 5.44. The van der Waals surface area contributed by atoms with E-state index >= 15 is 0 Å². The number of carbonyl (C=O) groups is 2. The number of carbonyl (C=O) groups excluding carboxylic acids is 2. The zero-order chi connectivity index (χ0) is 18.4. The molecule has 1 N–H and O–H groups in total. The van der Waals surface area contributed by atoms with E-state index in [2.05, 4.69) is 21.2 Å². The minimum absolute atomic E-state index is 0.0749. The zero-order valence-corrected chi connectivity index (χ0v) is 16.2. The Bertz CT molecular complexity index is 752. The largest absolute Gasteiger partial charge is 0.481 e. The number of ether oxygens (including phenoxy) is 1. The molecule has 5 nitrogen and oxygen atoms in total. The average Bonchev–Trinajstić information content (AvgIpc) is 2.58. The Morgan fingerprint density at radius 1 is 1.20 bits per heavy atom. The molecule has 2 rings (SSSR count). The predicted molar refractivity (Wildman–Crippen MR) is 102 cm³/mol. The molecule has 0 aliphatic carbocycles. The molecule has 0 spiro atoms. The second-order valence-corrected chi connectivity index (χ2v) is 6.73. The molecule has 0 aromatic heterocycles. The summed E-state index contributed by atoms with van der Waals surface area (Å²) >= 11 is 9.18. The fraction of sp³-hybridized carbons (Fsp3) is 0.222. The van der Waals surface area contributed by atoms with Crippen LogP contribution in [0.1, 0.15) is 6.92 Å². The van der Waals surface area contributed by atoms with E-state index in [0.29, 0.717) is 16.5 Å². The molecule has 132 valence electrons. The third kappa shape index (κ3) is 5.76. The molecule has 1 unspecified atom stereocenters. The van der Waals surface area contributed by atoms with Crippen molar-refractivity contribution in [2.75, 3.05) is 18.9 Å². The highest BCUT2D eigenvalue weighted by molar-refractivity contribution is 9.10. The summed E-state index contributed by atoms with van der Waals surface area (Å²) in [4.78, 5) is 25.8. The summed E-state index contributed by atoms with van der Waals surface area (Å²) in [7, 11) is 1.56. The van der Waals surface area contributed by atoms with Gasteiger partial charge in [0, 0.05) is 16.5 Å². The maximum atomic E-state index is 12.4. The van der Waals surface area contributed by atoms with Gasteiger partial charge >= 0.3 is 0 Å². The van der Waals surface area contributed by atoms with Crippen molar-refractivity contribution in [2.24, 2.45) is 0 Å². The van der Waals surface area contributed by atoms with Crippen LogP contribution >= 0.6 is 27.5 Å². The number of nitrogens with zero attached hydrogens (tertiary/aromatic N) is 1. The van der Waals surface area contributed by atoms with Crippen molar-refractivity contribution in [3.8, 4) is 5.75 Å². The maximum Gasteiger partial charge on any atom is 0.263 e. The van der Waals surface area contributed by atoms with Crippen LogP contribution in [0.5, 0.6) is 5.75 Å². The summed E-state index contributed by atoms with van der Waals surface area (Å²) in [6.07, 6.45) is -0.720. The smallest absolute Gasteiger partial charge is 0.263 e. The van der Waals surface area contributed by atoms with Crippen LogP contribution in [0.4, 0.5) is 5.69 Å². The van der Waals surface area contributed by atoms with Gasteiger partial charge in [-0.2, -0.15) is 0 Å². The fourth-order valence-corrected chi connectivity index (χ4v) is 2.63. The molecule has 25 heavy (non-hydrogen) atoms. The molecule has 0 saturated heterocycles. The number of nitrogens with one attached hydrogen (secondary N) is 1. The number of para-hydroxylation sites is 1. The van der Waals surface area contributed by atoms with E-state index in [1.807, 2.05) is 18.2 Å². The highest BCUT2D eigenvalue weighted by Crippen LogP contribution is 2.21. The standard InChI is InChI=1S/C18H18BrClN2O3/c1-12(25-14-9-7-13(20)8-10-14)18(24)22(2)11-17(23)21-16-6-4-3-5-15(16)19/h3-10,12H,11H2,1-2H3,(H,21,23). The van der Waals surface area contributed by atoms with Crippen LogP contribution < -0.4 is 10.1 Å². The molecular formula is C18H18BrClN2O3. The predicted octanol–water partition coefficient (Wildman–Crippen LogP) is 3.97. The highest BCUT2D eigenvalue weighted by Gasteiger charge is 2.21. The first-order valence-electron chi connectivity index (χ1n) is 7.58. The van der Waals surface area contributed by atoms with Crippen molar-refractivity contribution in [1.82, 2.24) is 4.90 Å². The highest BCUT2D eigenvalue weighted by atomic mass is 79.9. The van der Waals surface area contributed by atoms with E-state index in [0.717, 1.165) is 4.47 Å². The van der Waals surface area contributed by atoms with Gasteiger partial charge in [-0.3, -0.25) is 9.59 Å². The van der Waals surface area contributed by atoms with Crippen LogP contribution in [-0.2, 0) is 9.59 Å². The minimum atomic E-state index is -0.720. The first-order chi connectivity index (χ1) is 11.9. The van der Waals surface area contributed by atoms with Gasteiger partial charge in [-0.1, -0.05) is 23.7 Å². The Balaban J connectivity index is 1.89. The van der Waals surface area contributed by atoms with E-state index in [1.54, 1.807) is 44.3 Å². The van der Waals surface area contributed by atoms with Crippen LogP contribution in [0.25, 0.3) is 0 Å². The third-order valence-electron chi connectivity index (χ3n) is 3.38. The lowest BCUT2D eigenvalue weighted by Gasteiger charge is -2.22. The molecule has 2 aromatic rings. The number of hydrogen-bond donors (Lipinski definition) is 1. The average molecular weight is 426 g/mol. The summed E-state index contributed by atoms with van der Waals surface area (Å²) in [5, 5.41) is 3.35. The molecule has 0 saturated carbocycles. The summed E-state index contributed by atoms with van der Waals surface area (Å²) in [6.45, 7) is 1.56. The van der Waals surface area contributed by atoms with E-state index in [-0.39, 0.29) is 18.4 Å². The molecular weight excluding hydrogens is 408 g/mol. The first kappa shape index (κ1) is 19.3. The quantitative estimate of drug-likeness (QED) is 0.762. The minimum Gasteiger partial charge on any atom is -0.481 e. The number of rotatable bonds is 6. The van der Waals surface area contributed by atoms with Crippen LogP contribution in [-0.4, -0.2) is 36.4 Å². The number of likely N-dealkylation sites (N-methyl/N-ethyl adjacent to an activating group) is 1. The van der Waals surface area contributed by atoms with E-state index in [4.69, 9.17) is 16.3 Å². The van der Waals surface area contributed by atoms with Gasteiger partial charge in [-0.05, 0) is 59.3 Å². The lowest BCUT2D eigenvalue weighted by molar-refractivity contribution is -0.139. The van der Waals surface area contributed by atoms with Crippen molar-refractivity contribution >= 4 is 45.0 Å². The van der Waals surface area contributed by atoms with Crippen molar-refractivity contribution in [2.45, 2.75) is 13.0 Å². The molecule has 0 bridgehead atoms. The van der Waals surface area contributed by atoms with E-state index in [1.165, 1.54) is 4.90 Å². The van der Waals surface area contributed by atoms with Gasteiger partial charge in [0.15, 0.2) is 6.10 Å². The maximum absolute atomic E-state index is 12.4. The lowest BCUT2D eigenvalue weighted by Crippen LogP contribution is -2.42. The molecule has 7 heteroatoms. The Labute approximate surface area is 160 Å². The molecule has 0 fully saturated rings. The van der Waals surface area contributed by atoms with Gasteiger partial charge < -0.3 is 15.0 Å². The summed E-state index contributed by atoms with van der Waals surface area (Å²) in [6, 6.07) is 14.0. The third-order valence-corrected chi connectivity index (χ3v) is 4.32. The SMILES string of the molecule is CC(Oc1ccc(Cl)cc1)C(=O)N(C)CC(=O)Nc1ccccc1Br. The lowest BCUT2D eigenvalue weighted by atomic mass is 10.3. The normalized spacial score (nSPS) is 11.5. The number of anilines is 1. The second kappa shape index (κ2) is 8.87. The molecule has 2 amide bonds.